The van der Waals surface area contributed by atoms with E-state index in [1.165, 1.54) is 0 Å². The van der Waals surface area contributed by atoms with Gasteiger partial charge in [-0.3, -0.25) is 0 Å². The van der Waals surface area contributed by atoms with Crippen LogP contribution in [0, 0.1) is 51.2 Å². The van der Waals surface area contributed by atoms with Crippen LogP contribution in [0.2, 0.25) is 0 Å². The predicted octanol–water partition coefficient (Wildman–Crippen LogP) is 2.13. The van der Waals surface area contributed by atoms with Gasteiger partial charge in [0, 0.05) is 18.4 Å². The number of benzene rings is 1. The van der Waals surface area contributed by atoms with E-state index in [2.05, 4.69) is 23.1 Å². The summed E-state index contributed by atoms with van der Waals surface area (Å²) in [4.78, 5) is 2.19. The minimum Gasteiger partial charge on any atom is -0.497 e. The first kappa shape index (κ1) is 17.8. The first-order valence-corrected chi connectivity index (χ1v) is 8.57. The Morgan fingerprint density at radius 1 is 1.19 bits per heavy atom. The van der Waals surface area contributed by atoms with E-state index in [-0.39, 0.29) is 17.5 Å². The highest BCUT2D eigenvalue weighted by Gasteiger charge is 2.56. The number of piperidine rings is 1. The number of rotatable bonds is 2. The topological polar surface area (TPSA) is 110 Å². The fourth-order valence-corrected chi connectivity index (χ4v) is 4.49. The van der Waals surface area contributed by atoms with Crippen LogP contribution in [0.15, 0.2) is 35.5 Å². The van der Waals surface area contributed by atoms with Crippen LogP contribution in [0.4, 0.5) is 0 Å². The minimum absolute atomic E-state index is 0.0246. The Balaban J connectivity index is 2.23. The molecule has 0 bridgehead atoms. The molecule has 1 aromatic carbocycles. The van der Waals surface area contributed by atoms with Gasteiger partial charge in [0.15, 0.2) is 5.41 Å². The summed E-state index contributed by atoms with van der Waals surface area (Å²) in [5.41, 5.74) is 6.16. The van der Waals surface area contributed by atoms with Gasteiger partial charge in [-0.15, -0.1) is 0 Å². The SMILES string of the molecule is COc1ccc([C@@H]2[C@@H]3CN(C)CC[C@H]3C(C#N)=C(N)C2(C#N)C#N)cc1. The second-order valence-corrected chi connectivity index (χ2v) is 7.04. The monoisotopic (exact) mass is 347 g/mol. The molecule has 0 aromatic heterocycles. The van der Waals surface area contributed by atoms with Crippen molar-refractivity contribution < 1.29 is 4.74 Å². The number of methoxy groups -OCH3 is 1. The number of nitriles is 3. The van der Waals surface area contributed by atoms with Crippen LogP contribution in [0.3, 0.4) is 0 Å². The van der Waals surface area contributed by atoms with Crippen molar-refractivity contribution in [3.63, 3.8) is 0 Å². The Morgan fingerprint density at radius 3 is 2.38 bits per heavy atom. The summed E-state index contributed by atoms with van der Waals surface area (Å²) in [6.45, 7) is 1.58. The standard InChI is InChI=1S/C20H21N5O/c1-25-8-7-15-16(9-21)19(24)20(11-22,12-23)18(17(15)10-25)13-3-5-14(26-2)6-4-13/h3-6,15,17-18H,7-8,10,24H2,1-2H3/t15-,17+,18+/m0/s1. The van der Waals surface area contributed by atoms with Crippen molar-refractivity contribution in [3.8, 4) is 24.0 Å². The summed E-state index contributed by atoms with van der Waals surface area (Å²) >= 11 is 0. The van der Waals surface area contributed by atoms with Crippen LogP contribution < -0.4 is 10.5 Å². The molecule has 6 nitrogen and oxygen atoms in total. The molecule has 1 heterocycles. The third-order valence-corrected chi connectivity index (χ3v) is 5.79. The predicted molar refractivity (Wildman–Crippen MR) is 95.3 cm³/mol. The van der Waals surface area contributed by atoms with Crippen LogP contribution in [0.25, 0.3) is 0 Å². The molecule has 1 fully saturated rings. The van der Waals surface area contributed by atoms with Crippen LogP contribution in [0.1, 0.15) is 17.9 Å². The fourth-order valence-electron chi connectivity index (χ4n) is 4.49. The lowest BCUT2D eigenvalue weighted by atomic mass is 9.55. The normalized spacial score (nSPS) is 27.6. The van der Waals surface area contributed by atoms with Gasteiger partial charge in [-0.25, -0.2) is 0 Å². The van der Waals surface area contributed by atoms with Gasteiger partial charge in [-0.1, -0.05) is 12.1 Å². The molecule has 0 spiro atoms. The van der Waals surface area contributed by atoms with E-state index in [0.717, 1.165) is 18.5 Å². The van der Waals surface area contributed by atoms with Gasteiger partial charge < -0.3 is 15.4 Å². The van der Waals surface area contributed by atoms with Gasteiger partial charge >= 0.3 is 0 Å². The van der Waals surface area contributed by atoms with Crippen LogP contribution >= 0.6 is 0 Å². The molecule has 3 rings (SSSR count). The summed E-state index contributed by atoms with van der Waals surface area (Å²) in [5.74, 6) is 0.261. The van der Waals surface area contributed by atoms with Gasteiger partial charge in [0.05, 0.1) is 36.6 Å². The Bertz CT molecular complexity index is 838. The Hall–Kier alpha value is -3.01. The van der Waals surface area contributed by atoms with E-state index in [1.54, 1.807) is 7.11 Å². The molecule has 0 amide bonds. The number of hydrogen-bond acceptors (Lipinski definition) is 6. The lowest BCUT2D eigenvalue weighted by Gasteiger charge is -2.48. The third kappa shape index (κ3) is 2.49. The largest absolute Gasteiger partial charge is 0.497 e. The zero-order valence-corrected chi connectivity index (χ0v) is 14.9. The lowest BCUT2D eigenvalue weighted by molar-refractivity contribution is 0.109. The summed E-state index contributed by atoms with van der Waals surface area (Å²) < 4.78 is 5.23. The Morgan fingerprint density at radius 2 is 1.85 bits per heavy atom. The lowest BCUT2D eigenvalue weighted by Crippen LogP contribution is -2.51. The highest BCUT2D eigenvalue weighted by atomic mass is 16.5. The molecule has 0 saturated carbocycles. The number of hydrogen-bond donors (Lipinski definition) is 1. The smallest absolute Gasteiger partial charge is 0.190 e. The van der Waals surface area contributed by atoms with E-state index in [1.807, 2.05) is 31.3 Å². The Labute approximate surface area is 153 Å². The molecule has 3 atom stereocenters. The van der Waals surface area contributed by atoms with Gasteiger partial charge in [-0.05, 0) is 43.6 Å². The number of fused-ring (bicyclic) bond motifs is 1. The quantitative estimate of drug-likeness (QED) is 0.877. The molecular weight excluding hydrogens is 326 g/mol. The average molecular weight is 347 g/mol. The van der Waals surface area contributed by atoms with E-state index in [0.29, 0.717) is 17.9 Å². The summed E-state index contributed by atoms with van der Waals surface area (Å²) in [6, 6.07) is 14.0. The van der Waals surface area contributed by atoms with Crippen LogP contribution in [0.5, 0.6) is 5.75 Å². The van der Waals surface area contributed by atoms with E-state index >= 15 is 0 Å². The summed E-state index contributed by atoms with van der Waals surface area (Å²) in [7, 11) is 3.62. The molecule has 0 radical (unpaired) electrons. The van der Waals surface area contributed by atoms with Crippen LogP contribution in [-0.2, 0) is 0 Å². The molecule has 0 unspecified atom stereocenters. The van der Waals surface area contributed by atoms with Crippen molar-refractivity contribution in [2.75, 3.05) is 27.2 Å². The maximum absolute atomic E-state index is 9.98. The molecule has 1 aliphatic carbocycles. The highest BCUT2D eigenvalue weighted by molar-refractivity contribution is 5.50. The van der Waals surface area contributed by atoms with Crippen LogP contribution in [-0.4, -0.2) is 32.1 Å². The van der Waals surface area contributed by atoms with E-state index in [4.69, 9.17) is 10.5 Å². The van der Waals surface area contributed by atoms with Gasteiger partial charge in [-0.2, -0.15) is 15.8 Å². The maximum Gasteiger partial charge on any atom is 0.190 e. The molecular formula is C20H21N5O. The van der Waals surface area contributed by atoms with Crippen molar-refractivity contribution in [3.05, 3.63) is 41.1 Å². The minimum atomic E-state index is -1.54. The molecule has 2 aliphatic rings. The molecule has 132 valence electrons. The Kier molecular flexibility index (Phi) is 4.60. The number of nitrogens with zero attached hydrogens (tertiary/aromatic N) is 4. The first-order chi connectivity index (χ1) is 12.5. The zero-order valence-electron chi connectivity index (χ0n) is 14.9. The van der Waals surface area contributed by atoms with E-state index in [9.17, 15) is 15.8 Å². The fraction of sp³-hybridized carbons (Fsp3) is 0.450. The number of likely N-dealkylation sites (tertiary alicyclic amines) is 1. The van der Waals surface area contributed by atoms with Gasteiger partial charge in [0.1, 0.15) is 5.75 Å². The second-order valence-electron chi connectivity index (χ2n) is 7.04. The van der Waals surface area contributed by atoms with Crippen molar-refractivity contribution in [1.29, 1.82) is 15.8 Å². The highest BCUT2D eigenvalue weighted by Crippen LogP contribution is 2.55. The second kappa shape index (κ2) is 6.71. The molecule has 1 saturated heterocycles. The van der Waals surface area contributed by atoms with Crippen molar-refractivity contribution in [1.82, 2.24) is 4.90 Å². The molecule has 2 N–H and O–H groups in total. The summed E-state index contributed by atoms with van der Waals surface area (Å²) in [6.07, 6.45) is 0.796. The number of nitrogens with two attached hydrogens (primary N) is 1. The van der Waals surface area contributed by atoms with Crippen molar-refractivity contribution in [2.45, 2.75) is 12.3 Å². The zero-order chi connectivity index (χ0) is 18.9. The van der Waals surface area contributed by atoms with Crippen molar-refractivity contribution in [2.24, 2.45) is 23.0 Å². The first-order valence-electron chi connectivity index (χ1n) is 8.57. The average Bonchev–Trinajstić information content (AvgIpc) is 2.67. The van der Waals surface area contributed by atoms with Gasteiger partial charge in [0.2, 0.25) is 0 Å². The number of ether oxygens (including phenoxy) is 1. The molecule has 26 heavy (non-hydrogen) atoms. The van der Waals surface area contributed by atoms with Gasteiger partial charge in [0.25, 0.3) is 0 Å². The molecule has 1 aliphatic heterocycles. The molecule has 1 aromatic rings. The van der Waals surface area contributed by atoms with E-state index < -0.39 is 11.3 Å². The maximum atomic E-state index is 9.98. The number of allylic oxidation sites excluding steroid dienone is 2. The van der Waals surface area contributed by atoms with Crippen molar-refractivity contribution >= 4 is 0 Å². The third-order valence-electron chi connectivity index (χ3n) is 5.79. The summed E-state index contributed by atoms with van der Waals surface area (Å²) in [5, 5.41) is 29.6. The molecule has 6 heteroatoms.